The van der Waals surface area contributed by atoms with Gasteiger partial charge in [0.25, 0.3) is 0 Å². The number of aromatic nitrogens is 4. The van der Waals surface area contributed by atoms with Gasteiger partial charge in [-0.1, -0.05) is 109 Å². The summed E-state index contributed by atoms with van der Waals surface area (Å²) in [7, 11) is 0. The van der Waals surface area contributed by atoms with Gasteiger partial charge in [-0.2, -0.15) is 0 Å². The zero-order chi connectivity index (χ0) is 35.8. The zero-order valence-electron chi connectivity index (χ0n) is 29.4. The molecular formula is C50H28N4S. The van der Waals surface area contributed by atoms with Crippen LogP contribution in [0.5, 0.6) is 0 Å². The average molecular weight is 717 g/mol. The highest BCUT2D eigenvalue weighted by molar-refractivity contribution is 7.26. The van der Waals surface area contributed by atoms with E-state index in [0.29, 0.717) is 0 Å². The van der Waals surface area contributed by atoms with Crippen LogP contribution in [0.4, 0.5) is 0 Å². The number of rotatable bonds is 3. The maximum absolute atomic E-state index is 5.25. The van der Waals surface area contributed by atoms with Crippen LogP contribution in [0.15, 0.2) is 170 Å². The lowest BCUT2D eigenvalue weighted by atomic mass is 10.0. The first-order valence-electron chi connectivity index (χ1n) is 18.7. The van der Waals surface area contributed by atoms with Crippen molar-refractivity contribution >= 4 is 102 Å². The highest BCUT2D eigenvalue weighted by Gasteiger charge is 2.25. The van der Waals surface area contributed by atoms with Crippen LogP contribution >= 0.6 is 11.3 Å². The fourth-order valence-corrected chi connectivity index (χ4v) is 10.4. The number of thiophene rings is 1. The summed E-state index contributed by atoms with van der Waals surface area (Å²) in [5.74, 6) is 0.731. The van der Waals surface area contributed by atoms with E-state index in [1.807, 2.05) is 0 Å². The summed E-state index contributed by atoms with van der Waals surface area (Å²) in [6.45, 7) is 0. The second-order valence-electron chi connectivity index (χ2n) is 14.6. The third kappa shape index (κ3) is 3.94. The Morgan fingerprint density at radius 3 is 1.95 bits per heavy atom. The fourth-order valence-electron chi connectivity index (χ4n) is 9.23. The Morgan fingerprint density at radius 1 is 0.436 bits per heavy atom. The molecule has 0 radical (unpaired) electrons. The molecule has 254 valence electrons. The van der Waals surface area contributed by atoms with Crippen molar-refractivity contribution in [2.75, 3.05) is 0 Å². The summed E-state index contributed by atoms with van der Waals surface area (Å²) in [4.78, 5) is 10.5. The van der Waals surface area contributed by atoms with E-state index in [0.717, 1.165) is 38.5 Å². The summed E-state index contributed by atoms with van der Waals surface area (Å²) in [6.07, 6.45) is 0. The van der Waals surface area contributed by atoms with Crippen molar-refractivity contribution in [3.8, 4) is 28.3 Å². The van der Waals surface area contributed by atoms with Crippen LogP contribution in [0.3, 0.4) is 0 Å². The van der Waals surface area contributed by atoms with Crippen molar-refractivity contribution < 1.29 is 0 Å². The van der Waals surface area contributed by atoms with Gasteiger partial charge in [-0.15, -0.1) is 11.3 Å². The molecule has 5 heteroatoms. The molecule has 13 aromatic rings. The molecule has 13 rings (SSSR count). The summed E-state index contributed by atoms with van der Waals surface area (Å²) < 4.78 is 7.31. The van der Waals surface area contributed by atoms with Gasteiger partial charge in [0.2, 0.25) is 0 Å². The molecule has 0 spiro atoms. The SMILES string of the molecule is c1ccc(-c2nc(-c3ccc(-n4c5ccccc5c5cc6c7cc8ccccc8cc7n7c8ccccc8c(c54)c67)cc3)nc3c2sc2ccccc23)cc1. The minimum atomic E-state index is 0.731. The van der Waals surface area contributed by atoms with Crippen LogP contribution in [0.2, 0.25) is 0 Å². The van der Waals surface area contributed by atoms with E-state index in [1.165, 1.54) is 80.8 Å². The molecule has 0 bridgehead atoms. The number of hydrogen-bond acceptors (Lipinski definition) is 3. The second-order valence-corrected chi connectivity index (χ2v) is 15.6. The van der Waals surface area contributed by atoms with Crippen molar-refractivity contribution in [2.45, 2.75) is 0 Å². The first kappa shape index (κ1) is 29.4. The lowest BCUT2D eigenvalue weighted by Crippen LogP contribution is -1.96. The highest BCUT2D eigenvalue weighted by atomic mass is 32.1. The molecular weight excluding hydrogens is 689 g/mol. The normalized spacial score (nSPS) is 12.4. The van der Waals surface area contributed by atoms with Crippen LogP contribution in [-0.4, -0.2) is 18.9 Å². The predicted molar refractivity (Wildman–Crippen MR) is 232 cm³/mol. The van der Waals surface area contributed by atoms with Gasteiger partial charge in [-0.25, -0.2) is 9.97 Å². The van der Waals surface area contributed by atoms with Crippen molar-refractivity contribution in [3.63, 3.8) is 0 Å². The fraction of sp³-hybridized carbons (Fsp3) is 0. The minimum absolute atomic E-state index is 0.731. The Hall–Kier alpha value is -7.08. The molecule has 0 atom stereocenters. The largest absolute Gasteiger partial charge is 0.309 e. The van der Waals surface area contributed by atoms with E-state index >= 15 is 0 Å². The summed E-state index contributed by atoms with van der Waals surface area (Å²) >= 11 is 1.76. The van der Waals surface area contributed by atoms with Crippen LogP contribution < -0.4 is 0 Å². The molecule has 0 aliphatic carbocycles. The van der Waals surface area contributed by atoms with Crippen molar-refractivity contribution in [1.29, 1.82) is 0 Å². The van der Waals surface area contributed by atoms with E-state index in [2.05, 4.69) is 179 Å². The molecule has 0 amide bonds. The van der Waals surface area contributed by atoms with Crippen LogP contribution in [0, 0.1) is 0 Å². The molecule has 8 aromatic carbocycles. The summed E-state index contributed by atoms with van der Waals surface area (Å²) in [5, 5.41) is 11.3. The third-order valence-electron chi connectivity index (χ3n) is 11.6. The quantitative estimate of drug-likeness (QED) is 0.182. The van der Waals surface area contributed by atoms with Gasteiger partial charge < -0.3 is 8.97 Å². The van der Waals surface area contributed by atoms with E-state index < -0.39 is 0 Å². The Morgan fingerprint density at radius 2 is 1.11 bits per heavy atom. The van der Waals surface area contributed by atoms with Gasteiger partial charge >= 0.3 is 0 Å². The second kappa shape index (κ2) is 10.8. The Labute approximate surface area is 318 Å². The zero-order valence-corrected chi connectivity index (χ0v) is 30.2. The highest BCUT2D eigenvalue weighted by Crippen LogP contribution is 2.47. The van der Waals surface area contributed by atoms with Gasteiger partial charge in [0.1, 0.15) is 0 Å². The van der Waals surface area contributed by atoms with Crippen LogP contribution in [-0.2, 0) is 0 Å². The van der Waals surface area contributed by atoms with Gasteiger partial charge in [0.05, 0.1) is 43.5 Å². The number of para-hydroxylation sites is 2. The Bertz CT molecular complexity index is 3700. The summed E-state index contributed by atoms with van der Waals surface area (Å²) in [6, 6.07) is 61.5. The Balaban J connectivity index is 1.08. The number of hydrogen-bond donors (Lipinski definition) is 0. The summed E-state index contributed by atoms with van der Waals surface area (Å²) in [5.41, 5.74) is 11.3. The maximum atomic E-state index is 5.25. The molecule has 0 saturated carbocycles. The predicted octanol–water partition coefficient (Wildman–Crippen LogP) is 13.6. The monoisotopic (exact) mass is 716 g/mol. The van der Waals surface area contributed by atoms with Crippen LogP contribution in [0.25, 0.3) is 119 Å². The molecule has 0 fully saturated rings. The van der Waals surface area contributed by atoms with Crippen molar-refractivity contribution in [3.05, 3.63) is 170 Å². The van der Waals surface area contributed by atoms with Crippen molar-refractivity contribution in [1.82, 2.24) is 18.9 Å². The lowest BCUT2D eigenvalue weighted by Gasteiger charge is -2.11. The maximum Gasteiger partial charge on any atom is 0.160 e. The molecule has 4 nitrogen and oxygen atoms in total. The first-order valence-corrected chi connectivity index (χ1v) is 19.5. The molecule has 55 heavy (non-hydrogen) atoms. The molecule has 0 aliphatic heterocycles. The van der Waals surface area contributed by atoms with Crippen molar-refractivity contribution in [2.24, 2.45) is 0 Å². The van der Waals surface area contributed by atoms with Gasteiger partial charge in [0, 0.05) is 59.2 Å². The van der Waals surface area contributed by atoms with Gasteiger partial charge in [-0.3, -0.25) is 0 Å². The smallest absolute Gasteiger partial charge is 0.160 e. The van der Waals surface area contributed by atoms with E-state index in [9.17, 15) is 0 Å². The van der Waals surface area contributed by atoms with Crippen LogP contribution in [0.1, 0.15) is 0 Å². The topological polar surface area (TPSA) is 35.1 Å². The molecule has 5 heterocycles. The van der Waals surface area contributed by atoms with Gasteiger partial charge in [-0.05, 0) is 71.4 Å². The molecule has 0 aliphatic rings. The minimum Gasteiger partial charge on any atom is -0.309 e. The average Bonchev–Trinajstić information content (AvgIpc) is 3.98. The van der Waals surface area contributed by atoms with E-state index in [-0.39, 0.29) is 0 Å². The molecule has 0 saturated heterocycles. The third-order valence-corrected chi connectivity index (χ3v) is 12.8. The number of benzene rings is 8. The molecule has 5 aromatic heterocycles. The standard InChI is InChI=1S/C50H28N4S/c1-2-12-29(13-3-1)45-49-46(36-18-8-11-21-43(36)55-49)52-50(51-45)30-22-24-33(25-23-30)53-40-19-9-6-16-34(40)38-28-39-37-26-31-14-4-5-15-32(31)27-42(37)54-41-20-10-7-17-35(41)44(47(38)53)48(39)54/h1-28H. The number of nitrogens with zero attached hydrogens (tertiary/aromatic N) is 4. The van der Waals surface area contributed by atoms with E-state index in [4.69, 9.17) is 9.97 Å². The lowest BCUT2D eigenvalue weighted by molar-refractivity contribution is 1.18. The van der Waals surface area contributed by atoms with Gasteiger partial charge in [0.15, 0.2) is 5.82 Å². The molecule has 0 unspecified atom stereocenters. The molecule has 0 N–H and O–H groups in total. The Kier molecular flexibility index (Phi) is 5.74. The van der Waals surface area contributed by atoms with E-state index in [1.54, 1.807) is 11.3 Å². The first-order chi connectivity index (χ1) is 27.3. The number of fused-ring (bicyclic) bond motifs is 14.